The van der Waals surface area contributed by atoms with Gasteiger partial charge in [0.15, 0.2) is 18.2 Å². The van der Waals surface area contributed by atoms with Crippen molar-refractivity contribution in [2.75, 3.05) is 20.9 Å². The lowest BCUT2D eigenvalue weighted by Crippen LogP contribution is -2.34. The highest BCUT2D eigenvalue weighted by molar-refractivity contribution is 7.88. The Morgan fingerprint density at radius 1 is 1.00 bits per heavy atom. The van der Waals surface area contributed by atoms with E-state index in [2.05, 4.69) is 9.17 Å². The molecule has 0 aliphatic heterocycles. The maximum Gasteiger partial charge on any atom is 0.407 e. The molecule has 29 heavy (non-hydrogen) atoms. The van der Waals surface area contributed by atoms with E-state index < -0.39 is 27.8 Å². The van der Waals surface area contributed by atoms with Crippen LogP contribution in [0.3, 0.4) is 0 Å². The molecule has 0 saturated heterocycles. The third kappa shape index (κ3) is 3.93. The molecule has 1 aromatic heterocycles. The monoisotopic (exact) mass is 427 g/mol. The van der Waals surface area contributed by atoms with Gasteiger partial charge in [-0.15, -0.1) is 0 Å². The van der Waals surface area contributed by atoms with E-state index in [1.54, 1.807) is 6.07 Å². The minimum absolute atomic E-state index is 0.0342. The molecule has 1 heterocycles. The Bertz CT molecular complexity index is 1150. The minimum Gasteiger partial charge on any atom is -0.493 e. The molecule has 0 N–H and O–H groups in total. The number of rotatable bonds is 7. The number of halogens is 3. The Labute approximate surface area is 165 Å². The second kappa shape index (κ2) is 7.78. The van der Waals surface area contributed by atoms with Crippen molar-refractivity contribution in [1.82, 2.24) is 4.98 Å². The van der Waals surface area contributed by atoms with Gasteiger partial charge in [0.25, 0.3) is 0 Å². The lowest BCUT2D eigenvalue weighted by Gasteiger charge is -2.18. The zero-order valence-corrected chi connectivity index (χ0v) is 16.2. The average Bonchev–Trinajstić information content (AvgIpc) is 2.72. The third-order valence-corrected chi connectivity index (χ3v) is 5.33. The number of methoxy groups -OCH3 is 2. The summed E-state index contributed by atoms with van der Waals surface area (Å²) in [5, 5.41) is -3.91. The summed E-state index contributed by atoms with van der Waals surface area (Å²) in [5.74, 6) is -0.765. The normalized spacial score (nSPS) is 12.0. The van der Waals surface area contributed by atoms with Gasteiger partial charge in [-0.05, 0) is 29.8 Å². The van der Waals surface area contributed by atoms with Gasteiger partial charge in [-0.2, -0.15) is 17.2 Å². The Hall–Kier alpha value is -3.01. The number of pyridine rings is 1. The summed E-state index contributed by atoms with van der Waals surface area (Å²) in [6.07, 6.45) is 1.53. The van der Waals surface area contributed by atoms with Gasteiger partial charge < -0.3 is 13.7 Å². The maximum atomic E-state index is 13.5. The molecule has 0 aliphatic rings. The molecule has 0 aliphatic carbocycles. The molecule has 10 heteroatoms. The first kappa shape index (κ1) is 20.7. The van der Waals surface area contributed by atoms with Gasteiger partial charge in [0, 0.05) is 17.1 Å². The predicted octanol–water partition coefficient (Wildman–Crippen LogP) is 4.19. The van der Waals surface area contributed by atoms with Gasteiger partial charge in [-0.3, -0.25) is 4.98 Å². The first-order chi connectivity index (χ1) is 13.7. The topological polar surface area (TPSA) is 74.7 Å². The van der Waals surface area contributed by atoms with Crippen molar-refractivity contribution >= 4 is 21.0 Å². The number of ether oxygens (including phenoxy) is 2. The summed E-state index contributed by atoms with van der Waals surface area (Å²) >= 11 is 0. The highest BCUT2D eigenvalue weighted by Crippen LogP contribution is 2.43. The SMILES string of the molecule is COc1cc(-c2cnc3ccccc3c2)cc(OS(=O)(=O)C(F)(F)CF)c1OC. The average molecular weight is 427 g/mol. The van der Waals surface area contributed by atoms with Crippen LogP contribution in [0.5, 0.6) is 17.2 Å². The van der Waals surface area contributed by atoms with E-state index in [0.29, 0.717) is 11.1 Å². The quantitative estimate of drug-likeness (QED) is 0.527. The summed E-state index contributed by atoms with van der Waals surface area (Å²) in [5.41, 5.74) is 1.65. The molecular weight excluding hydrogens is 411 g/mol. The molecule has 0 atom stereocenters. The van der Waals surface area contributed by atoms with Crippen molar-refractivity contribution in [3.8, 4) is 28.4 Å². The molecule has 154 valence electrons. The second-order valence-electron chi connectivity index (χ2n) is 5.94. The van der Waals surface area contributed by atoms with E-state index in [0.717, 1.165) is 10.9 Å². The van der Waals surface area contributed by atoms with Crippen LogP contribution in [0.2, 0.25) is 0 Å². The van der Waals surface area contributed by atoms with Crippen molar-refractivity contribution in [3.63, 3.8) is 0 Å². The Morgan fingerprint density at radius 2 is 1.69 bits per heavy atom. The molecule has 3 rings (SSSR count). The highest BCUT2D eigenvalue weighted by atomic mass is 32.2. The molecular formula is C19H16F3NO5S. The molecule has 0 unspecified atom stereocenters. The fraction of sp³-hybridized carbons (Fsp3) is 0.211. The van der Waals surface area contributed by atoms with Crippen LogP contribution in [0.25, 0.3) is 22.0 Å². The minimum atomic E-state index is -5.61. The summed E-state index contributed by atoms with van der Waals surface area (Å²) in [4.78, 5) is 4.31. The van der Waals surface area contributed by atoms with Crippen molar-refractivity contribution in [3.05, 3.63) is 48.7 Å². The smallest absolute Gasteiger partial charge is 0.407 e. The highest BCUT2D eigenvalue weighted by Gasteiger charge is 2.48. The number of hydrogen-bond donors (Lipinski definition) is 0. The third-order valence-electron chi connectivity index (χ3n) is 4.09. The molecule has 0 saturated carbocycles. The van der Waals surface area contributed by atoms with E-state index in [1.807, 2.05) is 24.3 Å². The number of para-hydroxylation sites is 1. The van der Waals surface area contributed by atoms with E-state index in [9.17, 15) is 21.6 Å². The van der Waals surface area contributed by atoms with Crippen molar-refractivity contribution in [1.29, 1.82) is 0 Å². The fourth-order valence-corrected chi connectivity index (χ4v) is 3.25. The number of fused-ring (bicyclic) bond motifs is 1. The Morgan fingerprint density at radius 3 is 2.34 bits per heavy atom. The first-order valence-electron chi connectivity index (χ1n) is 8.21. The zero-order chi connectivity index (χ0) is 21.2. The molecule has 0 spiro atoms. The van der Waals surface area contributed by atoms with Gasteiger partial charge in [0.05, 0.1) is 19.7 Å². The predicted molar refractivity (Wildman–Crippen MR) is 101 cm³/mol. The molecule has 0 fully saturated rings. The zero-order valence-electron chi connectivity index (χ0n) is 15.4. The van der Waals surface area contributed by atoms with E-state index in [4.69, 9.17) is 9.47 Å². The molecule has 3 aromatic rings. The first-order valence-corrected chi connectivity index (χ1v) is 9.62. The lowest BCUT2D eigenvalue weighted by atomic mass is 10.0. The second-order valence-corrected chi connectivity index (χ2v) is 7.61. The van der Waals surface area contributed by atoms with Crippen LogP contribution in [0.15, 0.2) is 48.7 Å². The maximum absolute atomic E-state index is 13.5. The largest absolute Gasteiger partial charge is 0.493 e. The summed E-state index contributed by atoms with van der Waals surface area (Å²) in [6.45, 7) is -2.43. The standard InChI is InChI=1S/C19H16F3NO5S/c1-26-16-8-13(14-7-12-5-3-4-6-15(12)23-10-14)9-17(18(16)27-2)28-29(24,25)19(21,22)11-20/h3-10H,11H2,1-2H3. The number of alkyl halides is 3. The van der Waals surface area contributed by atoms with Crippen LogP contribution in [0.1, 0.15) is 0 Å². The number of aromatic nitrogens is 1. The van der Waals surface area contributed by atoms with Crippen LogP contribution in [-0.4, -0.2) is 39.6 Å². The summed E-state index contributed by atoms with van der Waals surface area (Å²) in [6, 6.07) is 11.8. The van der Waals surface area contributed by atoms with E-state index >= 15 is 0 Å². The number of benzene rings is 2. The molecule has 0 amide bonds. The molecule has 0 bridgehead atoms. The van der Waals surface area contributed by atoms with Gasteiger partial charge in [-0.25, -0.2) is 4.39 Å². The van der Waals surface area contributed by atoms with Crippen molar-refractivity contribution < 1.29 is 35.2 Å². The Balaban J connectivity index is 2.15. The van der Waals surface area contributed by atoms with Crippen LogP contribution in [-0.2, 0) is 10.1 Å². The van der Waals surface area contributed by atoms with Gasteiger partial charge >= 0.3 is 15.4 Å². The Kier molecular flexibility index (Phi) is 5.56. The number of hydrogen-bond acceptors (Lipinski definition) is 6. The van der Waals surface area contributed by atoms with Crippen LogP contribution < -0.4 is 13.7 Å². The summed E-state index contributed by atoms with van der Waals surface area (Å²) in [7, 11) is -3.14. The van der Waals surface area contributed by atoms with Crippen LogP contribution in [0.4, 0.5) is 13.2 Å². The van der Waals surface area contributed by atoms with E-state index in [1.165, 1.54) is 32.5 Å². The van der Waals surface area contributed by atoms with Gasteiger partial charge in [0.1, 0.15) is 0 Å². The number of nitrogens with zero attached hydrogens (tertiary/aromatic N) is 1. The van der Waals surface area contributed by atoms with Crippen molar-refractivity contribution in [2.45, 2.75) is 5.25 Å². The molecule has 6 nitrogen and oxygen atoms in total. The van der Waals surface area contributed by atoms with Gasteiger partial charge in [0.2, 0.25) is 5.75 Å². The molecule has 2 aromatic carbocycles. The lowest BCUT2D eigenvalue weighted by molar-refractivity contribution is 0.0537. The van der Waals surface area contributed by atoms with Crippen LogP contribution >= 0.6 is 0 Å². The molecule has 0 radical (unpaired) electrons. The van der Waals surface area contributed by atoms with Gasteiger partial charge in [-0.1, -0.05) is 18.2 Å². The summed E-state index contributed by atoms with van der Waals surface area (Å²) < 4.78 is 77.8. The van der Waals surface area contributed by atoms with Crippen molar-refractivity contribution in [2.24, 2.45) is 0 Å². The fourth-order valence-electron chi connectivity index (χ4n) is 2.63. The van der Waals surface area contributed by atoms with E-state index in [-0.39, 0.29) is 11.5 Å². The van der Waals surface area contributed by atoms with Crippen LogP contribution in [0, 0.1) is 0 Å².